The smallest absolute Gasteiger partial charge is 0.221 e. The molecule has 4 aliphatic carbocycles. The second-order valence-corrected chi connectivity index (χ2v) is 9.98. The quantitative estimate of drug-likeness (QED) is 0.706. The molecule has 4 fully saturated rings. The van der Waals surface area contributed by atoms with Crippen molar-refractivity contribution >= 4 is 5.91 Å². The van der Waals surface area contributed by atoms with Gasteiger partial charge in [0.15, 0.2) is 0 Å². The maximum absolute atomic E-state index is 13.0. The minimum Gasteiger partial charge on any atom is -0.350 e. The van der Waals surface area contributed by atoms with Crippen molar-refractivity contribution in [1.82, 2.24) is 5.32 Å². The number of hydrogen-bond acceptors (Lipinski definition) is 1. The molecule has 1 N–H and O–H groups in total. The summed E-state index contributed by atoms with van der Waals surface area (Å²) in [6.07, 6.45) is 8.46. The van der Waals surface area contributed by atoms with Crippen LogP contribution in [-0.4, -0.2) is 5.91 Å². The highest BCUT2D eigenvalue weighted by atomic mass is 16.1. The lowest BCUT2D eigenvalue weighted by molar-refractivity contribution is -0.131. The first-order valence-corrected chi connectivity index (χ1v) is 11.0. The summed E-state index contributed by atoms with van der Waals surface area (Å²) in [7, 11) is 0. The molecule has 0 heterocycles. The molecule has 4 bridgehead atoms. The summed E-state index contributed by atoms with van der Waals surface area (Å²) in [4.78, 5) is 13.0. The highest BCUT2D eigenvalue weighted by Crippen LogP contribution is 2.66. The van der Waals surface area contributed by atoms with E-state index in [9.17, 15) is 4.79 Å². The minimum absolute atomic E-state index is 0.0747. The van der Waals surface area contributed by atoms with Crippen molar-refractivity contribution in [3.8, 4) is 0 Å². The second-order valence-electron chi connectivity index (χ2n) is 9.98. The average Bonchev–Trinajstić information content (AvgIpc) is 2.68. The first-order chi connectivity index (χ1) is 13.6. The molecule has 0 radical (unpaired) electrons. The van der Waals surface area contributed by atoms with E-state index in [0.717, 1.165) is 11.8 Å². The monoisotopic (exact) mass is 373 g/mol. The molecule has 1 amide bonds. The number of carbonyl (C=O) groups is 1. The van der Waals surface area contributed by atoms with Crippen molar-refractivity contribution < 1.29 is 4.79 Å². The molecule has 2 aromatic rings. The Morgan fingerprint density at radius 1 is 0.964 bits per heavy atom. The van der Waals surface area contributed by atoms with Crippen LogP contribution in [0.4, 0.5) is 0 Å². The summed E-state index contributed by atoms with van der Waals surface area (Å²) in [6, 6.07) is 21.5. The van der Waals surface area contributed by atoms with Gasteiger partial charge in [-0.3, -0.25) is 4.79 Å². The van der Waals surface area contributed by atoms with E-state index >= 15 is 0 Å². The van der Waals surface area contributed by atoms with Gasteiger partial charge in [0, 0.05) is 6.42 Å². The topological polar surface area (TPSA) is 29.1 Å². The molecule has 2 unspecified atom stereocenters. The van der Waals surface area contributed by atoms with Crippen molar-refractivity contribution in [2.24, 2.45) is 17.3 Å². The Morgan fingerprint density at radius 2 is 1.57 bits per heavy atom. The van der Waals surface area contributed by atoms with Crippen LogP contribution in [0.2, 0.25) is 0 Å². The molecule has 2 heteroatoms. The molecule has 0 saturated heterocycles. The van der Waals surface area contributed by atoms with Gasteiger partial charge in [0.25, 0.3) is 0 Å². The van der Waals surface area contributed by atoms with Crippen LogP contribution < -0.4 is 5.32 Å². The van der Waals surface area contributed by atoms with Crippen LogP contribution in [0.25, 0.3) is 0 Å². The number of benzene rings is 2. The Kier molecular flexibility index (Phi) is 4.34. The first kappa shape index (κ1) is 18.0. The average molecular weight is 374 g/mol. The summed E-state index contributed by atoms with van der Waals surface area (Å²) in [5.74, 6) is 1.85. The maximum atomic E-state index is 13.0. The van der Waals surface area contributed by atoms with E-state index in [1.165, 1.54) is 49.7 Å². The molecule has 5 atom stereocenters. The molecule has 28 heavy (non-hydrogen) atoms. The third-order valence-corrected chi connectivity index (χ3v) is 7.78. The molecule has 2 aromatic carbocycles. The summed E-state index contributed by atoms with van der Waals surface area (Å²) in [5.41, 5.74) is 3.23. The molecule has 0 aliphatic heterocycles. The van der Waals surface area contributed by atoms with Gasteiger partial charge < -0.3 is 5.32 Å². The number of hydrogen-bond donors (Lipinski definition) is 1. The van der Waals surface area contributed by atoms with E-state index in [1.54, 1.807) is 0 Å². The predicted molar refractivity (Wildman–Crippen MR) is 113 cm³/mol. The Bertz CT molecular complexity index is 829. The normalized spacial score (nSPS) is 34.2. The van der Waals surface area contributed by atoms with Gasteiger partial charge in [-0.25, -0.2) is 0 Å². The molecule has 4 aliphatic rings. The van der Waals surface area contributed by atoms with Gasteiger partial charge in [-0.15, -0.1) is 0 Å². The molecule has 6 rings (SSSR count). The van der Waals surface area contributed by atoms with E-state index in [0.29, 0.717) is 11.8 Å². The Hall–Kier alpha value is -2.09. The van der Waals surface area contributed by atoms with Crippen molar-refractivity contribution in [1.29, 1.82) is 0 Å². The van der Waals surface area contributed by atoms with Crippen LogP contribution in [0.1, 0.15) is 69.0 Å². The van der Waals surface area contributed by atoms with E-state index in [1.807, 2.05) is 18.2 Å². The van der Waals surface area contributed by atoms with E-state index in [-0.39, 0.29) is 17.4 Å². The molecule has 2 nitrogen and oxygen atoms in total. The number of carbonyl (C=O) groups excluding carboxylic acids is 1. The van der Waals surface area contributed by atoms with Gasteiger partial charge in [-0.2, -0.15) is 0 Å². The second kappa shape index (κ2) is 6.76. The van der Waals surface area contributed by atoms with Gasteiger partial charge in [0.1, 0.15) is 0 Å². The molecule has 146 valence electrons. The molecule has 4 saturated carbocycles. The van der Waals surface area contributed by atoms with Crippen LogP contribution in [0.5, 0.6) is 0 Å². The minimum atomic E-state index is 0.0747. The van der Waals surface area contributed by atoms with Crippen LogP contribution in [-0.2, 0) is 10.2 Å². The lowest BCUT2D eigenvalue weighted by Crippen LogP contribution is -2.55. The van der Waals surface area contributed by atoms with Gasteiger partial charge >= 0.3 is 0 Å². The summed E-state index contributed by atoms with van der Waals surface area (Å²) < 4.78 is 0. The fourth-order valence-electron chi connectivity index (χ4n) is 7.25. The third kappa shape index (κ3) is 3.17. The Labute approximate surface area is 168 Å². The summed E-state index contributed by atoms with van der Waals surface area (Å²) in [5, 5.41) is 3.28. The van der Waals surface area contributed by atoms with Gasteiger partial charge in [-0.1, -0.05) is 60.7 Å². The van der Waals surface area contributed by atoms with Crippen molar-refractivity contribution in [3.05, 3.63) is 71.8 Å². The number of rotatable bonds is 5. The number of nitrogens with one attached hydrogen (secondary N) is 1. The Morgan fingerprint density at radius 3 is 2.21 bits per heavy atom. The summed E-state index contributed by atoms with van der Waals surface area (Å²) in [6.45, 7) is 2.10. The number of amides is 1. The SMILES string of the molecule is C[C@H](NC(=O)CC12C[C@H]3C[C@@H](C1)CC(c1ccccc1)(C3)C2)c1ccccc1. The first-order valence-electron chi connectivity index (χ1n) is 11.0. The van der Waals surface area contributed by atoms with Crippen LogP contribution in [0, 0.1) is 17.3 Å². The largest absolute Gasteiger partial charge is 0.350 e. The predicted octanol–water partition coefficient (Wildman–Crippen LogP) is 5.79. The van der Waals surface area contributed by atoms with E-state index in [2.05, 4.69) is 54.7 Å². The lowest BCUT2D eigenvalue weighted by atomic mass is 9.42. The zero-order valence-electron chi connectivity index (χ0n) is 16.9. The maximum Gasteiger partial charge on any atom is 0.221 e. The van der Waals surface area contributed by atoms with E-state index < -0.39 is 0 Å². The van der Waals surface area contributed by atoms with Crippen molar-refractivity contribution in [2.45, 2.75) is 63.3 Å². The summed E-state index contributed by atoms with van der Waals surface area (Å²) >= 11 is 0. The molecular formula is C26H31NO. The Balaban J connectivity index is 1.34. The third-order valence-electron chi connectivity index (χ3n) is 7.78. The fourth-order valence-corrected chi connectivity index (χ4v) is 7.25. The van der Waals surface area contributed by atoms with Crippen molar-refractivity contribution in [3.63, 3.8) is 0 Å². The highest BCUT2D eigenvalue weighted by Gasteiger charge is 2.58. The fraction of sp³-hybridized carbons (Fsp3) is 0.500. The standard InChI is InChI=1S/C26H31NO/c1-19(22-8-4-2-5-9-22)27-24(28)17-25-13-20-12-21(14-25)16-26(15-20,18-25)23-10-6-3-7-11-23/h2-11,19-21H,12-18H2,1H3,(H,27,28)/t19-,20-,21+,25?,26?/m0/s1. The molecule has 0 aromatic heterocycles. The van der Waals surface area contributed by atoms with Gasteiger partial charge in [0.05, 0.1) is 6.04 Å². The molecular weight excluding hydrogens is 342 g/mol. The van der Waals surface area contributed by atoms with E-state index in [4.69, 9.17) is 0 Å². The van der Waals surface area contributed by atoms with Crippen LogP contribution in [0.3, 0.4) is 0 Å². The zero-order valence-corrected chi connectivity index (χ0v) is 16.9. The van der Waals surface area contributed by atoms with Gasteiger partial charge in [0.2, 0.25) is 5.91 Å². The lowest BCUT2D eigenvalue weighted by Gasteiger charge is -2.62. The van der Waals surface area contributed by atoms with Crippen LogP contribution in [0.15, 0.2) is 60.7 Å². The zero-order chi connectivity index (χ0) is 19.2. The molecule has 0 spiro atoms. The van der Waals surface area contributed by atoms with Gasteiger partial charge in [-0.05, 0) is 79.2 Å². The van der Waals surface area contributed by atoms with Crippen LogP contribution >= 0.6 is 0 Å². The van der Waals surface area contributed by atoms with Crippen molar-refractivity contribution in [2.75, 3.05) is 0 Å². The highest BCUT2D eigenvalue weighted by molar-refractivity contribution is 5.77.